The number of nitrogens with one attached hydrogen (secondary N) is 1. The number of anilines is 2. The van der Waals surface area contributed by atoms with Crippen LogP contribution in [0, 0.1) is 17.5 Å². The summed E-state index contributed by atoms with van der Waals surface area (Å²) in [7, 11) is 0. The van der Waals surface area contributed by atoms with Gasteiger partial charge < -0.3 is 9.73 Å². The van der Waals surface area contributed by atoms with Crippen LogP contribution in [0.4, 0.5) is 24.9 Å². The van der Waals surface area contributed by atoms with Gasteiger partial charge in [-0.1, -0.05) is 0 Å². The number of nitrogens with zero attached hydrogens (tertiary/aromatic N) is 1. The van der Waals surface area contributed by atoms with E-state index in [-0.39, 0.29) is 11.7 Å². The van der Waals surface area contributed by atoms with Gasteiger partial charge in [0.25, 0.3) is 6.01 Å². The molecule has 1 heterocycles. The molecule has 3 nitrogen and oxygen atoms in total. The smallest absolute Gasteiger partial charge is 0.300 e. The molecule has 0 aliphatic rings. The third-order valence-corrected chi connectivity index (χ3v) is 2.52. The topological polar surface area (TPSA) is 38.1 Å². The van der Waals surface area contributed by atoms with Crippen LogP contribution in [0.5, 0.6) is 0 Å². The van der Waals surface area contributed by atoms with E-state index in [4.69, 9.17) is 4.42 Å². The number of aromatic nitrogens is 1. The van der Waals surface area contributed by atoms with Gasteiger partial charge >= 0.3 is 0 Å². The molecule has 19 heavy (non-hydrogen) atoms. The zero-order valence-corrected chi connectivity index (χ0v) is 9.45. The van der Waals surface area contributed by atoms with Gasteiger partial charge in [-0.05, 0) is 24.3 Å². The fourth-order valence-corrected chi connectivity index (χ4v) is 1.65. The molecule has 1 N–H and O–H groups in total. The van der Waals surface area contributed by atoms with E-state index in [1.54, 1.807) is 0 Å². The summed E-state index contributed by atoms with van der Waals surface area (Å²) in [6.07, 6.45) is 0. The van der Waals surface area contributed by atoms with E-state index in [9.17, 15) is 13.2 Å². The molecule has 2 aromatic carbocycles. The summed E-state index contributed by atoms with van der Waals surface area (Å²) in [5.74, 6) is -2.35. The van der Waals surface area contributed by atoms with Gasteiger partial charge in [-0.3, -0.25) is 0 Å². The maximum Gasteiger partial charge on any atom is 0.300 e. The zero-order valence-electron chi connectivity index (χ0n) is 9.45. The van der Waals surface area contributed by atoms with Crippen molar-refractivity contribution in [2.45, 2.75) is 0 Å². The third-order valence-electron chi connectivity index (χ3n) is 2.52. The van der Waals surface area contributed by atoms with Crippen LogP contribution in [0.25, 0.3) is 11.1 Å². The Balaban J connectivity index is 1.94. The first-order chi connectivity index (χ1) is 9.11. The fourth-order valence-electron chi connectivity index (χ4n) is 1.65. The molecule has 0 saturated heterocycles. The molecule has 1 aromatic heterocycles. The summed E-state index contributed by atoms with van der Waals surface area (Å²) in [4.78, 5) is 3.99. The summed E-state index contributed by atoms with van der Waals surface area (Å²) in [5, 5.41) is 2.67. The third kappa shape index (κ3) is 2.24. The predicted molar refractivity (Wildman–Crippen MR) is 63.6 cm³/mol. The standard InChI is InChI=1S/C13H7F3N2O/c14-7-1-4-12-11(5-7)18-13(19-12)17-8-2-3-9(15)10(16)6-8/h1-6H,(H,17,18). The van der Waals surface area contributed by atoms with Crippen LogP contribution >= 0.6 is 0 Å². The number of hydrogen-bond acceptors (Lipinski definition) is 3. The summed E-state index contributed by atoms with van der Waals surface area (Å²) in [6, 6.07) is 7.28. The van der Waals surface area contributed by atoms with Crippen LogP contribution in [-0.2, 0) is 0 Å². The van der Waals surface area contributed by atoms with Crippen molar-refractivity contribution >= 4 is 22.8 Å². The van der Waals surface area contributed by atoms with Gasteiger partial charge in [0.15, 0.2) is 17.2 Å². The number of hydrogen-bond donors (Lipinski definition) is 1. The minimum Gasteiger partial charge on any atom is -0.423 e. The van der Waals surface area contributed by atoms with Gasteiger partial charge in [0.2, 0.25) is 0 Å². The fraction of sp³-hybridized carbons (Fsp3) is 0. The van der Waals surface area contributed by atoms with E-state index in [1.165, 1.54) is 24.3 Å². The molecule has 6 heteroatoms. The van der Waals surface area contributed by atoms with Crippen molar-refractivity contribution in [2.24, 2.45) is 0 Å². The van der Waals surface area contributed by atoms with Gasteiger partial charge in [-0.2, -0.15) is 4.98 Å². The number of fused-ring (bicyclic) bond motifs is 1. The maximum atomic E-state index is 13.0. The Kier molecular flexibility index (Phi) is 2.63. The van der Waals surface area contributed by atoms with Gasteiger partial charge in [0, 0.05) is 17.8 Å². The Morgan fingerprint density at radius 1 is 0.947 bits per heavy atom. The first kappa shape index (κ1) is 11.6. The van der Waals surface area contributed by atoms with Crippen molar-refractivity contribution in [1.82, 2.24) is 4.98 Å². The number of benzene rings is 2. The Morgan fingerprint density at radius 3 is 2.58 bits per heavy atom. The van der Waals surface area contributed by atoms with Crippen molar-refractivity contribution in [3.8, 4) is 0 Å². The number of rotatable bonds is 2. The van der Waals surface area contributed by atoms with Crippen LogP contribution < -0.4 is 5.32 Å². The number of oxazole rings is 1. The second kappa shape index (κ2) is 4.31. The normalized spacial score (nSPS) is 10.9. The van der Waals surface area contributed by atoms with Crippen molar-refractivity contribution in [2.75, 3.05) is 5.32 Å². The average molecular weight is 264 g/mol. The molecule has 0 spiro atoms. The van der Waals surface area contributed by atoms with E-state index in [0.29, 0.717) is 11.1 Å². The van der Waals surface area contributed by atoms with Gasteiger partial charge in [-0.25, -0.2) is 13.2 Å². The molecule has 0 radical (unpaired) electrons. The molecule has 0 saturated carbocycles. The summed E-state index contributed by atoms with van der Waals surface area (Å²) >= 11 is 0. The van der Waals surface area contributed by atoms with Crippen LogP contribution in [0.1, 0.15) is 0 Å². The highest BCUT2D eigenvalue weighted by Crippen LogP contribution is 2.23. The molecule has 0 aliphatic carbocycles. The lowest BCUT2D eigenvalue weighted by atomic mass is 10.3. The van der Waals surface area contributed by atoms with E-state index < -0.39 is 17.5 Å². The lowest BCUT2D eigenvalue weighted by molar-refractivity contribution is 0.509. The second-order valence-electron chi connectivity index (χ2n) is 3.88. The van der Waals surface area contributed by atoms with Crippen molar-refractivity contribution in [1.29, 1.82) is 0 Å². The van der Waals surface area contributed by atoms with E-state index in [2.05, 4.69) is 10.3 Å². The monoisotopic (exact) mass is 264 g/mol. The molecule has 96 valence electrons. The van der Waals surface area contributed by atoms with Crippen molar-refractivity contribution in [3.63, 3.8) is 0 Å². The molecular weight excluding hydrogens is 257 g/mol. The minimum absolute atomic E-state index is 0.0756. The predicted octanol–water partition coefficient (Wildman–Crippen LogP) is 3.99. The van der Waals surface area contributed by atoms with Gasteiger partial charge in [0.05, 0.1) is 0 Å². The Morgan fingerprint density at radius 2 is 1.79 bits per heavy atom. The van der Waals surface area contributed by atoms with E-state index in [0.717, 1.165) is 12.1 Å². The minimum atomic E-state index is -0.979. The Bertz CT molecular complexity index is 755. The highest BCUT2D eigenvalue weighted by molar-refractivity contribution is 5.75. The highest BCUT2D eigenvalue weighted by Gasteiger charge is 2.08. The molecule has 0 aliphatic heterocycles. The lowest BCUT2D eigenvalue weighted by Gasteiger charge is -2.01. The molecule has 0 atom stereocenters. The van der Waals surface area contributed by atoms with Crippen LogP contribution in [-0.4, -0.2) is 4.98 Å². The first-order valence-electron chi connectivity index (χ1n) is 5.40. The Hall–Kier alpha value is -2.50. The molecule has 0 unspecified atom stereocenters. The highest BCUT2D eigenvalue weighted by atomic mass is 19.2. The van der Waals surface area contributed by atoms with Crippen LogP contribution in [0.2, 0.25) is 0 Å². The number of halogens is 3. The molecule has 0 bridgehead atoms. The molecule has 0 fully saturated rings. The van der Waals surface area contributed by atoms with Gasteiger partial charge in [0.1, 0.15) is 11.3 Å². The van der Waals surface area contributed by atoms with Crippen LogP contribution in [0.15, 0.2) is 40.8 Å². The van der Waals surface area contributed by atoms with Crippen LogP contribution in [0.3, 0.4) is 0 Å². The zero-order chi connectivity index (χ0) is 13.4. The van der Waals surface area contributed by atoms with Gasteiger partial charge in [-0.15, -0.1) is 0 Å². The lowest BCUT2D eigenvalue weighted by Crippen LogP contribution is -1.92. The molecule has 3 aromatic rings. The largest absolute Gasteiger partial charge is 0.423 e. The second-order valence-corrected chi connectivity index (χ2v) is 3.88. The average Bonchev–Trinajstić information content (AvgIpc) is 2.75. The van der Waals surface area contributed by atoms with E-state index in [1.807, 2.05) is 0 Å². The summed E-state index contributed by atoms with van der Waals surface area (Å²) in [5.41, 5.74) is 1.02. The molecule has 0 amide bonds. The van der Waals surface area contributed by atoms with E-state index >= 15 is 0 Å². The van der Waals surface area contributed by atoms with Crippen molar-refractivity contribution < 1.29 is 17.6 Å². The van der Waals surface area contributed by atoms with Crippen molar-refractivity contribution in [3.05, 3.63) is 53.8 Å². The Labute approximate surface area is 105 Å². The molecule has 3 rings (SSSR count). The first-order valence-corrected chi connectivity index (χ1v) is 5.40. The maximum absolute atomic E-state index is 13.0. The molecular formula is C13H7F3N2O. The summed E-state index contributed by atoms with van der Waals surface area (Å²) in [6.45, 7) is 0. The summed E-state index contributed by atoms with van der Waals surface area (Å²) < 4.78 is 44.1. The quantitative estimate of drug-likeness (QED) is 0.760. The SMILES string of the molecule is Fc1ccc2oc(Nc3ccc(F)c(F)c3)nc2c1.